The molecule has 1 aliphatic heterocycles. The van der Waals surface area contributed by atoms with Crippen molar-refractivity contribution >= 4 is 12.2 Å². The fourth-order valence-electron chi connectivity index (χ4n) is 2.18. The number of carbonyl (C=O) groups is 1. The van der Waals surface area contributed by atoms with Crippen molar-refractivity contribution in [2.24, 2.45) is 5.10 Å². The lowest BCUT2D eigenvalue weighted by molar-refractivity contribution is 0.217. The molecule has 0 aliphatic carbocycles. The molecule has 2 amide bonds. The molecule has 2 rings (SSSR count). The van der Waals surface area contributed by atoms with Crippen LogP contribution in [0.25, 0.3) is 0 Å². The lowest BCUT2D eigenvalue weighted by Gasteiger charge is -2.24. The molecule has 0 bridgehead atoms. The van der Waals surface area contributed by atoms with Crippen molar-refractivity contribution in [3.63, 3.8) is 0 Å². The Bertz CT molecular complexity index is 565. The van der Waals surface area contributed by atoms with Crippen molar-refractivity contribution in [2.45, 2.75) is 32.4 Å². The van der Waals surface area contributed by atoms with Gasteiger partial charge < -0.3 is 14.8 Å². The van der Waals surface area contributed by atoms with E-state index in [1.165, 1.54) is 0 Å². The standard InChI is InChI=1S/C16H25N5O3/c1-3-4-5-8-24-13-7-6-12(9-14(13)23-2)10-17-20-15-11-18-21-16(22)19-15/h6-7,9-10,15,18,20H,3-5,8,11H2,1-2H3,(H2,19,21,22)/b17-10+. The van der Waals surface area contributed by atoms with Gasteiger partial charge in [-0.1, -0.05) is 19.8 Å². The van der Waals surface area contributed by atoms with Crippen LogP contribution in [0.15, 0.2) is 23.3 Å². The summed E-state index contributed by atoms with van der Waals surface area (Å²) in [5.41, 5.74) is 8.93. The summed E-state index contributed by atoms with van der Waals surface area (Å²) >= 11 is 0. The molecule has 1 fully saturated rings. The van der Waals surface area contributed by atoms with E-state index in [1.807, 2.05) is 18.2 Å². The van der Waals surface area contributed by atoms with Crippen molar-refractivity contribution in [1.82, 2.24) is 21.6 Å². The average Bonchev–Trinajstić information content (AvgIpc) is 2.59. The summed E-state index contributed by atoms with van der Waals surface area (Å²) < 4.78 is 11.1. The molecule has 1 aromatic rings. The molecule has 1 aromatic carbocycles. The average molecular weight is 335 g/mol. The van der Waals surface area contributed by atoms with Gasteiger partial charge in [0.05, 0.1) is 26.5 Å². The molecule has 1 saturated heterocycles. The van der Waals surface area contributed by atoms with Gasteiger partial charge >= 0.3 is 6.03 Å². The van der Waals surface area contributed by atoms with Crippen molar-refractivity contribution in [1.29, 1.82) is 0 Å². The highest BCUT2D eigenvalue weighted by atomic mass is 16.5. The monoisotopic (exact) mass is 335 g/mol. The molecule has 8 heteroatoms. The summed E-state index contributed by atoms with van der Waals surface area (Å²) in [5, 5.41) is 6.82. The SMILES string of the molecule is CCCCCOc1ccc(/C=N/NC2CNNC(=O)N2)cc1OC. The minimum Gasteiger partial charge on any atom is -0.493 e. The van der Waals surface area contributed by atoms with Crippen molar-refractivity contribution in [3.05, 3.63) is 23.8 Å². The Morgan fingerprint density at radius 2 is 2.25 bits per heavy atom. The van der Waals surface area contributed by atoms with E-state index in [4.69, 9.17) is 9.47 Å². The number of benzene rings is 1. The van der Waals surface area contributed by atoms with Crippen LogP contribution in [0.3, 0.4) is 0 Å². The smallest absolute Gasteiger partial charge is 0.330 e. The zero-order valence-corrected chi connectivity index (χ0v) is 14.1. The van der Waals surface area contributed by atoms with E-state index in [9.17, 15) is 4.79 Å². The molecule has 4 N–H and O–H groups in total. The number of carbonyl (C=O) groups excluding carboxylic acids is 1. The Hall–Kier alpha value is -2.48. The molecule has 8 nitrogen and oxygen atoms in total. The highest BCUT2D eigenvalue weighted by Gasteiger charge is 2.15. The predicted molar refractivity (Wildman–Crippen MR) is 92.2 cm³/mol. The number of nitrogens with one attached hydrogen (secondary N) is 4. The molecule has 132 valence electrons. The summed E-state index contributed by atoms with van der Waals surface area (Å²) in [4.78, 5) is 11.1. The Labute approximate surface area is 141 Å². The summed E-state index contributed by atoms with van der Waals surface area (Å²) in [6.07, 6.45) is 4.75. The van der Waals surface area contributed by atoms with E-state index >= 15 is 0 Å². The van der Waals surface area contributed by atoms with Crippen LogP contribution in [-0.2, 0) is 0 Å². The van der Waals surface area contributed by atoms with Gasteiger partial charge in [0.25, 0.3) is 0 Å². The third-order valence-corrected chi connectivity index (χ3v) is 3.45. The predicted octanol–water partition coefficient (Wildman–Crippen LogP) is 1.33. The molecule has 1 unspecified atom stereocenters. The van der Waals surface area contributed by atoms with Crippen molar-refractivity contribution < 1.29 is 14.3 Å². The van der Waals surface area contributed by atoms with Gasteiger partial charge in [0.2, 0.25) is 0 Å². The summed E-state index contributed by atoms with van der Waals surface area (Å²) in [5.74, 6) is 1.40. The molecule has 0 radical (unpaired) electrons. The van der Waals surface area contributed by atoms with Crippen molar-refractivity contribution in [2.75, 3.05) is 20.3 Å². The normalized spacial score (nSPS) is 17.2. The number of amides is 2. The lowest BCUT2D eigenvalue weighted by atomic mass is 10.2. The van der Waals surface area contributed by atoms with Gasteiger partial charge in [0.1, 0.15) is 6.17 Å². The summed E-state index contributed by atoms with van der Waals surface area (Å²) in [6.45, 7) is 3.37. The third-order valence-electron chi connectivity index (χ3n) is 3.45. The Morgan fingerprint density at radius 3 is 3.00 bits per heavy atom. The highest BCUT2D eigenvalue weighted by molar-refractivity contribution is 5.80. The number of hydrogen-bond donors (Lipinski definition) is 4. The molecule has 1 aliphatic rings. The maximum absolute atomic E-state index is 11.1. The highest BCUT2D eigenvalue weighted by Crippen LogP contribution is 2.27. The number of methoxy groups -OCH3 is 1. The van der Waals surface area contributed by atoms with Crippen LogP contribution in [-0.4, -0.2) is 38.7 Å². The fraction of sp³-hybridized carbons (Fsp3) is 0.500. The number of hydrazone groups is 1. The first-order chi connectivity index (χ1) is 11.7. The topological polar surface area (TPSA) is 96.0 Å². The fourth-order valence-corrected chi connectivity index (χ4v) is 2.18. The molecule has 0 saturated carbocycles. The third kappa shape index (κ3) is 5.62. The molecule has 24 heavy (non-hydrogen) atoms. The van der Waals surface area contributed by atoms with Crippen LogP contribution in [0, 0.1) is 0 Å². The summed E-state index contributed by atoms with van der Waals surface area (Å²) in [7, 11) is 1.61. The first kappa shape index (κ1) is 17.9. The molecular weight excluding hydrogens is 310 g/mol. The summed E-state index contributed by atoms with van der Waals surface area (Å²) in [6, 6.07) is 5.35. The molecule has 1 atom stereocenters. The lowest BCUT2D eigenvalue weighted by Crippen LogP contribution is -2.62. The number of hydrazine groups is 1. The zero-order chi connectivity index (χ0) is 17.2. The van der Waals surface area contributed by atoms with E-state index in [0.717, 1.165) is 30.6 Å². The van der Waals surface area contributed by atoms with Gasteiger partial charge in [0, 0.05) is 0 Å². The van der Waals surface area contributed by atoms with E-state index in [-0.39, 0.29) is 12.2 Å². The van der Waals surface area contributed by atoms with Crippen LogP contribution < -0.4 is 31.1 Å². The van der Waals surface area contributed by atoms with Gasteiger partial charge in [-0.25, -0.2) is 10.2 Å². The maximum Gasteiger partial charge on any atom is 0.330 e. The minimum absolute atomic E-state index is 0.266. The number of rotatable bonds is 9. The number of unbranched alkanes of at least 4 members (excludes halogenated alkanes) is 2. The van der Waals surface area contributed by atoms with Crippen molar-refractivity contribution in [3.8, 4) is 11.5 Å². The van der Waals surface area contributed by atoms with E-state index in [2.05, 4.69) is 33.6 Å². The number of nitrogens with zero attached hydrogens (tertiary/aromatic N) is 1. The number of ether oxygens (including phenoxy) is 2. The molecule has 1 heterocycles. The maximum atomic E-state index is 11.1. The molecule has 0 aromatic heterocycles. The minimum atomic E-state index is -0.291. The number of hydrogen-bond acceptors (Lipinski definition) is 6. The van der Waals surface area contributed by atoms with E-state index in [0.29, 0.717) is 18.9 Å². The van der Waals surface area contributed by atoms with Gasteiger partial charge in [-0.3, -0.25) is 10.9 Å². The van der Waals surface area contributed by atoms with Gasteiger partial charge in [-0.05, 0) is 30.2 Å². The Morgan fingerprint density at radius 1 is 1.38 bits per heavy atom. The second kappa shape index (κ2) is 9.61. The van der Waals surface area contributed by atoms with E-state index in [1.54, 1.807) is 13.3 Å². The van der Waals surface area contributed by atoms with Gasteiger partial charge in [-0.2, -0.15) is 5.10 Å². The second-order valence-electron chi connectivity index (χ2n) is 5.39. The quantitative estimate of drug-likeness (QED) is 0.310. The molecular formula is C16H25N5O3. The zero-order valence-electron chi connectivity index (χ0n) is 14.1. The largest absolute Gasteiger partial charge is 0.493 e. The van der Waals surface area contributed by atoms with Crippen LogP contribution in [0.4, 0.5) is 4.79 Å². The van der Waals surface area contributed by atoms with Crippen LogP contribution in [0.1, 0.15) is 31.7 Å². The first-order valence-electron chi connectivity index (χ1n) is 8.11. The Kier molecular flexibility index (Phi) is 7.16. The first-order valence-corrected chi connectivity index (χ1v) is 8.11. The Balaban J connectivity index is 1.88. The van der Waals surface area contributed by atoms with Gasteiger partial charge in [0.15, 0.2) is 11.5 Å². The van der Waals surface area contributed by atoms with E-state index < -0.39 is 0 Å². The molecule has 0 spiro atoms. The van der Waals surface area contributed by atoms with Crippen LogP contribution >= 0.6 is 0 Å². The van der Waals surface area contributed by atoms with Crippen LogP contribution in [0.2, 0.25) is 0 Å². The van der Waals surface area contributed by atoms with Crippen LogP contribution in [0.5, 0.6) is 11.5 Å². The second-order valence-corrected chi connectivity index (χ2v) is 5.39. The van der Waals surface area contributed by atoms with Gasteiger partial charge in [-0.15, -0.1) is 0 Å². The number of urea groups is 1.